The van der Waals surface area contributed by atoms with Gasteiger partial charge in [0.25, 0.3) is 11.8 Å². The van der Waals surface area contributed by atoms with Crippen LogP contribution in [0.5, 0.6) is 0 Å². The van der Waals surface area contributed by atoms with E-state index in [0.717, 1.165) is 0 Å². The van der Waals surface area contributed by atoms with Gasteiger partial charge in [-0.2, -0.15) is 0 Å². The molecule has 112 valence electrons. The molecular weight excluding hydrogens is 266 g/mol. The second-order valence-electron chi connectivity index (χ2n) is 5.89. The van der Waals surface area contributed by atoms with E-state index in [1.807, 2.05) is 20.8 Å². The molecule has 1 heterocycles. The summed E-state index contributed by atoms with van der Waals surface area (Å²) in [6, 6.07) is 6.07. The molecule has 0 bridgehead atoms. The summed E-state index contributed by atoms with van der Waals surface area (Å²) in [6.45, 7) is 7.69. The lowest BCUT2D eigenvalue weighted by Crippen LogP contribution is -2.49. The van der Waals surface area contributed by atoms with E-state index in [1.165, 1.54) is 4.90 Å². The summed E-state index contributed by atoms with van der Waals surface area (Å²) in [5.41, 5.74) is 0.791. The van der Waals surface area contributed by atoms with Gasteiger partial charge in [0, 0.05) is 6.42 Å². The number of fused-ring (bicyclic) bond motifs is 1. The van der Waals surface area contributed by atoms with E-state index in [4.69, 9.17) is 0 Å². The average molecular weight is 287 g/mol. The minimum atomic E-state index is -0.678. The van der Waals surface area contributed by atoms with Crippen LogP contribution in [0.4, 0.5) is 0 Å². The third-order valence-electron chi connectivity index (χ3n) is 4.33. The van der Waals surface area contributed by atoms with Gasteiger partial charge in [0.2, 0.25) is 0 Å². The van der Waals surface area contributed by atoms with Gasteiger partial charge in [0.1, 0.15) is 6.04 Å². The van der Waals surface area contributed by atoms with Crippen LogP contribution in [-0.2, 0) is 4.79 Å². The molecule has 4 heteroatoms. The molecule has 2 atom stereocenters. The van der Waals surface area contributed by atoms with Gasteiger partial charge in [-0.25, -0.2) is 0 Å². The molecule has 0 fully saturated rings. The Bertz CT molecular complexity index is 556. The van der Waals surface area contributed by atoms with Crippen molar-refractivity contribution >= 4 is 17.6 Å². The van der Waals surface area contributed by atoms with Crippen molar-refractivity contribution in [3.8, 4) is 0 Å². The molecule has 1 aliphatic rings. The van der Waals surface area contributed by atoms with Crippen LogP contribution in [0.2, 0.25) is 0 Å². The topological polar surface area (TPSA) is 54.5 Å². The van der Waals surface area contributed by atoms with Gasteiger partial charge >= 0.3 is 0 Å². The first-order chi connectivity index (χ1) is 9.90. The maximum absolute atomic E-state index is 12.5. The van der Waals surface area contributed by atoms with E-state index in [2.05, 4.69) is 0 Å². The Labute approximate surface area is 125 Å². The van der Waals surface area contributed by atoms with Gasteiger partial charge in [0.15, 0.2) is 5.78 Å². The molecule has 0 aliphatic carbocycles. The summed E-state index contributed by atoms with van der Waals surface area (Å²) < 4.78 is 0. The Morgan fingerprint density at radius 3 is 1.90 bits per heavy atom. The zero-order valence-electron chi connectivity index (χ0n) is 12.9. The first kappa shape index (κ1) is 15.4. The molecule has 4 nitrogen and oxygen atoms in total. The predicted molar refractivity (Wildman–Crippen MR) is 80.0 cm³/mol. The molecule has 1 aromatic carbocycles. The van der Waals surface area contributed by atoms with Crippen LogP contribution in [0.15, 0.2) is 24.3 Å². The van der Waals surface area contributed by atoms with E-state index in [0.29, 0.717) is 17.5 Å². The number of ketones is 1. The number of hydrogen-bond donors (Lipinski definition) is 0. The van der Waals surface area contributed by atoms with E-state index in [9.17, 15) is 14.4 Å². The maximum atomic E-state index is 12.5. The lowest BCUT2D eigenvalue weighted by atomic mass is 9.86. The second-order valence-corrected chi connectivity index (χ2v) is 5.89. The number of nitrogens with zero attached hydrogens (tertiary/aromatic N) is 1. The Hall–Kier alpha value is -1.97. The fourth-order valence-corrected chi connectivity index (χ4v) is 2.71. The number of hydrogen-bond acceptors (Lipinski definition) is 3. The van der Waals surface area contributed by atoms with Crippen LogP contribution in [0.25, 0.3) is 0 Å². The summed E-state index contributed by atoms with van der Waals surface area (Å²) in [6.07, 6.45) is 0.315. The quantitative estimate of drug-likeness (QED) is 0.782. The summed E-state index contributed by atoms with van der Waals surface area (Å²) in [7, 11) is 0. The lowest BCUT2D eigenvalue weighted by molar-refractivity contribution is -0.124. The van der Waals surface area contributed by atoms with Gasteiger partial charge in [-0.1, -0.05) is 39.8 Å². The number of amides is 2. The lowest BCUT2D eigenvalue weighted by Gasteiger charge is -2.32. The van der Waals surface area contributed by atoms with E-state index in [-0.39, 0.29) is 29.4 Å². The Morgan fingerprint density at radius 1 is 1.05 bits per heavy atom. The fourth-order valence-electron chi connectivity index (χ4n) is 2.71. The highest BCUT2D eigenvalue weighted by atomic mass is 16.2. The number of imide groups is 1. The van der Waals surface area contributed by atoms with E-state index < -0.39 is 6.04 Å². The summed E-state index contributed by atoms with van der Waals surface area (Å²) in [5, 5.41) is 0. The highest BCUT2D eigenvalue weighted by Crippen LogP contribution is 2.30. The molecule has 1 aromatic rings. The van der Waals surface area contributed by atoms with Gasteiger partial charge in [0.05, 0.1) is 11.1 Å². The molecule has 1 aliphatic heterocycles. The summed E-state index contributed by atoms with van der Waals surface area (Å²) in [5.74, 6) is -0.634. The number of carbonyl (C=O) groups excluding carboxylic acids is 3. The van der Waals surface area contributed by atoms with Crippen molar-refractivity contribution < 1.29 is 14.4 Å². The Balaban J connectivity index is 2.46. The third-order valence-corrected chi connectivity index (χ3v) is 4.33. The molecule has 21 heavy (non-hydrogen) atoms. The van der Waals surface area contributed by atoms with Gasteiger partial charge < -0.3 is 0 Å². The van der Waals surface area contributed by atoms with E-state index in [1.54, 1.807) is 31.2 Å². The number of rotatable bonds is 5. The molecule has 0 saturated heterocycles. The first-order valence-electron chi connectivity index (χ1n) is 7.39. The van der Waals surface area contributed by atoms with Crippen LogP contribution in [0.1, 0.15) is 54.8 Å². The molecule has 0 N–H and O–H groups in total. The van der Waals surface area contributed by atoms with Gasteiger partial charge in [-0.05, 0) is 24.0 Å². The monoisotopic (exact) mass is 287 g/mol. The largest absolute Gasteiger partial charge is 0.297 e. The average Bonchev–Trinajstić information content (AvgIpc) is 2.72. The number of Topliss-reactive ketones (excluding diaryl/α,β-unsaturated/α-hetero) is 1. The number of carbonyl (C=O) groups is 3. The van der Waals surface area contributed by atoms with Crippen molar-refractivity contribution in [2.75, 3.05) is 0 Å². The van der Waals surface area contributed by atoms with E-state index >= 15 is 0 Å². The predicted octanol–water partition coefficient (Wildman–Crippen LogP) is 2.92. The van der Waals surface area contributed by atoms with Gasteiger partial charge in [-0.3, -0.25) is 19.3 Å². The van der Waals surface area contributed by atoms with Crippen LogP contribution in [-0.4, -0.2) is 28.5 Å². The van der Waals surface area contributed by atoms with Crippen molar-refractivity contribution in [2.24, 2.45) is 11.8 Å². The first-order valence-corrected chi connectivity index (χ1v) is 7.39. The Kier molecular flexibility index (Phi) is 4.26. The van der Waals surface area contributed by atoms with Crippen molar-refractivity contribution in [3.05, 3.63) is 35.4 Å². The van der Waals surface area contributed by atoms with Crippen molar-refractivity contribution in [1.29, 1.82) is 0 Å². The molecule has 0 aromatic heterocycles. The smallest absolute Gasteiger partial charge is 0.262 e. The van der Waals surface area contributed by atoms with Crippen LogP contribution in [0, 0.1) is 11.8 Å². The standard InChI is InChI=1S/C17H21NO3/c1-5-14(19)15(11(4)10(2)3)18-16(20)12-8-6-7-9-13(12)17(18)21/h6-11,15H,5H2,1-4H3. The molecular formula is C17H21NO3. The van der Waals surface area contributed by atoms with Crippen molar-refractivity contribution in [2.45, 2.75) is 40.2 Å². The maximum Gasteiger partial charge on any atom is 0.262 e. The van der Waals surface area contributed by atoms with Gasteiger partial charge in [-0.15, -0.1) is 0 Å². The van der Waals surface area contributed by atoms with Crippen LogP contribution in [0.3, 0.4) is 0 Å². The molecule has 2 amide bonds. The van der Waals surface area contributed by atoms with Crippen LogP contribution >= 0.6 is 0 Å². The highest BCUT2D eigenvalue weighted by molar-refractivity contribution is 6.22. The van der Waals surface area contributed by atoms with Crippen molar-refractivity contribution in [1.82, 2.24) is 4.90 Å². The molecule has 2 unspecified atom stereocenters. The molecule has 0 spiro atoms. The summed E-state index contributed by atoms with van der Waals surface area (Å²) >= 11 is 0. The minimum Gasteiger partial charge on any atom is -0.297 e. The molecule has 0 radical (unpaired) electrons. The minimum absolute atomic E-state index is 0.0642. The molecule has 2 rings (SSSR count). The SMILES string of the molecule is CCC(=O)C(C(C)C(C)C)N1C(=O)c2ccccc2C1=O. The molecule has 0 saturated carbocycles. The highest BCUT2D eigenvalue weighted by Gasteiger charge is 2.44. The summed E-state index contributed by atoms with van der Waals surface area (Å²) in [4.78, 5) is 38.6. The van der Waals surface area contributed by atoms with Crippen molar-refractivity contribution in [3.63, 3.8) is 0 Å². The Morgan fingerprint density at radius 2 is 1.52 bits per heavy atom. The zero-order valence-corrected chi connectivity index (χ0v) is 12.9. The fraction of sp³-hybridized carbons (Fsp3) is 0.471. The zero-order chi connectivity index (χ0) is 15.7. The van der Waals surface area contributed by atoms with Crippen LogP contribution < -0.4 is 0 Å². The number of benzene rings is 1. The third kappa shape index (κ3) is 2.50. The second kappa shape index (κ2) is 5.80. The normalized spacial score (nSPS) is 17.1.